The van der Waals surface area contributed by atoms with Gasteiger partial charge in [0.15, 0.2) is 5.96 Å². The number of guanidine groups is 1. The number of nitrogens with one attached hydrogen (secondary N) is 1. The Morgan fingerprint density at radius 3 is 2.14 bits per heavy atom. The molecule has 4 heteroatoms. The van der Waals surface area contributed by atoms with Gasteiger partial charge >= 0.3 is 0 Å². The molecule has 21 heavy (non-hydrogen) atoms. The molecule has 4 nitrogen and oxygen atoms in total. The lowest BCUT2D eigenvalue weighted by Gasteiger charge is -2.33. The topological polar surface area (TPSA) is 30.9 Å². The second-order valence-corrected chi connectivity index (χ2v) is 7.02. The normalized spacial score (nSPS) is 23.6. The first-order valence-corrected chi connectivity index (χ1v) is 8.87. The molecule has 0 amide bonds. The molecule has 1 N–H and O–H groups in total. The number of nitrogens with zero attached hydrogens (tertiary/aromatic N) is 3. The van der Waals surface area contributed by atoms with Crippen molar-refractivity contribution in [2.24, 2.45) is 16.8 Å². The number of hydrogen-bond donors (Lipinski definition) is 1. The van der Waals surface area contributed by atoms with E-state index < -0.39 is 0 Å². The fraction of sp³-hybridized carbons (Fsp3) is 0.941. The molecule has 2 saturated heterocycles. The van der Waals surface area contributed by atoms with Gasteiger partial charge in [-0.2, -0.15) is 0 Å². The average molecular weight is 294 g/mol. The Hall–Kier alpha value is -0.770. The second-order valence-electron chi connectivity index (χ2n) is 7.02. The van der Waals surface area contributed by atoms with Gasteiger partial charge in [-0.1, -0.05) is 13.8 Å². The van der Waals surface area contributed by atoms with Gasteiger partial charge in [0.1, 0.15) is 0 Å². The Bertz CT molecular complexity index is 313. The van der Waals surface area contributed by atoms with Gasteiger partial charge in [0.25, 0.3) is 0 Å². The van der Waals surface area contributed by atoms with E-state index in [1.165, 1.54) is 51.7 Å². The number of likely N-dealkylation sites (tertiary alicyclic amines) is 2. The van der Waals surface area contributed by atoms with Gasteiger partial charge < -0.3 is 15.1 Å². The predicted molar refractivity (Wildman–Crippen MR) is 90.8 cm³/mol. The van der Waals surface area contributed by atoms with Crippen molar-refractivity contribution in [3.8, 4) is 0 Å². The molecule has 2 heterocycles. The SMILES string of the molecule is CN=C(NCCCN1CCC(C)CC1)N1CCC(C)CC1. The first-order chi connectivity index (χ1) is 10.2. The minimum absolute atomic E-state index is 0.876. The van der Waals surface area contributed by atoms with Crippen molar-refractivity contribution in [1.29, 1.82) is 0 Å². The molecule has 0 unspecified atom stereocenters. The Kier molecular flexibility index (Phi) is 6.81. The van der Waals surface area contributed by atoms with Gasteiger partial charge in [-0.15, -0.1) is 0 Å². The van der Waals surface area contributed by atoms with E-state index >= 15 is 0 Å². The van der Waals surface area contributed by atoms with E-state index in [0.717, 1.165) is 37.4 Å². The van der Waals surface area contributed by atoms with Crippen LogP contribution in [0.25, 0.3) is 0 Å². The predicted octanol–water partition coefficient (Wildman–Crippen LogP) is 2.42. The molecule has 0 saturated carbocycles. The quantitative estimate of drug-likeness (QED) is 0.491. The molecule has 0 bridgehead atoms. The average Bonchev–Trinajstić information content (AvgIpc) is 2.50. The van der Waals surface area contributed by atoms with Gasteiger partial charge in [0.05, 0.1) is 0 Å². The Morgan fingerprint density at radius 2 is 1.57 bits per heavy atom. The van der Waals surface area contributed by atoms with Crippen LogP contribution in [0.15, 0.2) is 4.99 Å². The first kappa shape index (κ1) is 16.6. The molecule has 0 aliphatic carbocycles. The maximum absolute atomic E-state index is 4.45. The van der Waals surface area contributed by atoms with Crippen LogP contribution in [0.3, 0.4) is 0 Å². The van der Waals surface area contributed by atoms with Gasteiger partial charge in [-0.3, -0.25) is 4.99 Å². The molecule has 2 rings (SSSR count). The third-order valence-corrected chi connectivity index (χ3v) is 5.11. The van der Waals surface area contributed by atoms with Gasteiger partial charge in [-0.25, -0.2) is 0 Å². The van der Waals surface area contributed by atoms with E-state index in [1.807, 2.05) is 7.05 Å². The summed E-state index contributed by atoms with van der Waals surface area (Å²) in [7, 11) is 1.91. The minimum Gasteiger partial charge on any atom is -0.356 e. The summed E-state index contributed by atoms with van der Waals surface area (Å²) < 4.78 is 0. The molecule has 0 spiro atoms. The van der Waals surface area contributed by atoms with Crippen LogP contribution in [0.1, 0.15) is 46.0 Å². The highest BCUT2D eigenvalue weighted by Gasteiger charge is 2.18. The number of piperidine rings is 2. The zero-order valence-electron chi connectivity index (χ0n) is 14.3. The van der Waals surface area contributed by atoms with Crippen molar-refractivity contribution in [1.82, 2.24) is 15.1 Å². The van der Waals surface area contributed by atoms with E-state index in [-0.39, 0.29) is 0 Å². The van der Waals surface area contributed by atoms with Crippen LogP contribution in [0.5, 0.6) is 0 Å². The summed E-state index contributed by atoms with van der Waals surface area (Å²) in [5.74, 6) is 2.91. The van der Waals surface area contributed by atoms with Crippen molar-refractivity contribution in [3.63, 3.8) is 0 Å². The summed E-state index contributed by atoms with van der Waals surface area (Å²) in [6.07, 6.45) is 6.57. The molecule has 2 aliphatic heterocycles. The zero-order chi connectivity index (χ0) is 15.1. The van der Waals surface area contributed by atoms with E-state index in [2.05, 4.69) is 34.0 Å². The highest BCUT2D eigenvalue weighted by molar-refractivity contribution is 5.79. The Morgan fingerprint density at radius 1 is 1.00 bits per heavy atom. The third-order valence-electron chi connectivity index (χ3n) is 5.11. The second kappa shape index (κ2) is 8.62. The molecule has 2 fully saturated rings. The van der Waals surface area contributed by atoms with Crippen LogP contribution in [0, 0.1) is 11.8 Å². The van der Waals surface area contributed by atoms with Crippen LogP contribution in [-0.2, 0) is 0 Å². The lowest BCUT2D eigenvalue weighted by molar-refractivity contribution is 0.191. The highest BCUT2D eigenvalue weighted by Crippen LogP contribution is 2.16. The lowest BCUT2D eigenvalue weighted by atomic mass is 9.99. The fourth-order valence-electron chi connectivity index (χ4n) is 3.34. The Labute approximate surface area is 131 Å². The summed E-state index contributed by atoms with van der Waals surface area (Å²) >= 11 is 0. The zero-order valence-corrected chi connectivity index (χ0v) is 14.3. The minimum atomic E-state index is 0.876. The highest BCUT2D eigenvalue weighted by atomic mass is 15.3. The summed E-state index contributed by atoms with van der Waals surface area (Å²) in [4.78, 5) is 9.49. The summed E-state index contributed by atoms with van der Waals surface area (Å²) in [5.41, 5.74) is 0. The molecule has 0 radical (unpaired) electrons. The first-order valence-electron chi connectivity index (χ1n) is 8.87. The van der Waals surface area contributed by atoms with Crippen molar-refractivity contribution >= 4 is 5.96 Å². The molecule has 0 aromatic heterocycles. The molecular formula is C17H34N4. The van der Waals surface area contributed by atoms with Gasteiger partial charge in [0.2, 0.25) is 0 Å². The molecule has 122 valence electrons. The van der Waals surface area contributed by atoms with Crippen LogP contribution in [-0.4, -0.2) is 62.1 Å². The van der Waals surface area contributed by atoms with Crippen LogP contribution in [0.4, 0.5) is 0 Å². The number of hydrogen-bond acceptors (Lipinski definition) is 2. The standard InChI is InChI=1S/C17H34N4/c1-15-5-11-20(12-6-15)10-4-9-19-17(18-3)21-13-7-16(2)8-14-21/h15-16H,4-14H2,1-3H3,(H,18,19). The Balaban J connectivity index is 1.60. The van der Waals surface area contributed by atoms with Crippen LogP contribution < -0.4 is 5.32 Å². The molecule has 0 aromatic carbocycles. The van der Waals surface area contributed by atoms with E-state index in [4.69, 9.17) is 0 Å². The lowest BCUT2D eigenvalue weighted by Crippen LogP contribution is -2.46. The summed E-state index contributed by atoms with van der Waals surface area (Å²) in [6.45, 7) is 11.9. The monoisotopic (exact) mass is 294 g/mol. The van der Waals surface area contributed by atoms with Crippen LogP contribution in [0.2, 0.25) is 0 Å². The van der Waals surface area contributed by atoms with Crippen molar-refractivity contribution in [3.05, 3.63) is 0 Å². The maximum atomic E-state index is 4.45. The van der Waals surface area contributed by atoms with E-state index in [1.54, 1.807) is 0 Å². The molecular weight excluding hydrogens is 260 g/mol. The van der Waals surface area contributed by atoms with Crippen molar-refractivity contribution in [2.75, 3.05) is 46.3 Å². The summed E-state index contributed by atoms with van der Waals surface area (Å²) in [5, 5.41) is 3.55. The smallest absolute Gasteiger partial charge is 0.193 e. The van der Waals surface area contributed by atoms with Crippen molar-refractivity contribution < 1.29 is 0 Å². The fourth-order valence-corrected chi connectivity index (χ4v) is 3.34. The van der Waals surface area contributed by atoms with Crippen molar-refractivity contribution in [2.45, 2.75) is 46.0 Å². The maximum Gasteiger partial charge on any atom is 0.193 e. The van der Waals surface area contributed by atoms with Gasteiger partial charge in [0, 0.05) is 26.7 Å². The third kappa shape index (κ3) is 5.50. The number of rotatable bonds is 4. The molecule has 2 aliphatic rings. The number of aliphatic imine (C=N–C) groups is 1. The largest absolute Gasteiger partial charge is 0.356 e. The van der Waals surface area contributed by atoms with Crippen LogP contribution >= 0.6 is 0 Å². The summed E-state index contributed by atoms with van der Waals surface area (Å²) in [6, 6.07) is 0. The van der Waals surface area contributed by atoms with E-state index in [9.17, 15) is 0 Å². The van der Waals surface area contributed by atoms with E-state index in [0.29, 0.717) is 0 Å². The molecule has 0 atom stereocenters. The molecule has 0 aromatic rings. The van der Waals surface area contributed by atoms with Gasteiger partial charge in [-0.05, 0) is 63.6 Å².